The van der Waals surface area contributed by atoms with Crippen LogP contribution in [-0.2, 0) is 19.7 Å². The molecule has 10 heteroatoms. The minimum Gasteiger partial charge on any atom is -0.368 e. The first-order chi connectivity index (χ1) is 13.1. The molecule has 0 aliphatic heterocycles. The number of hydrogen-bond donors (Lipinski definition) is 1. The molecule has 0 saturated heterocycles. The van der Waals surface area contributed by atoms with E-state index in [-0.39, 0.29) is 25.3 Å². The van der Waals surface area contributed by atoms with E-state index < -0.39 is 19.7 Å². The van der Waals surface area contributed by atoms with Gasteiger partial charge in [-0.25, -0.2) is 21.8 Å². The van der Waals surface area contributed by atoms with Crippen molar-refractivity contribution < 1.29 is 16.8 Å². The molecule has 0 fully saturated rings. The van der Waals surface area contributed by atoms with Gasteiger partial charge in [0.1, 0.15) is 5.00 Å². The predicted octanol–water partition coefficient (Wildman–Crippen LogP) is 4.21. The number of halogens is 1. The summed E-state index contributed by atoms with van der Waals surface area (Å²) in [5.41, 5.74) is 0.923. The summed E-state index contributed by atoms with van der Waals surface area (Å²) in [4.78, 5) is 3.93. The van der Waals surface area contributed by atoms with Crippen LogP contribution in [0.2, 0.25) is 5.02 Å². The van der Waals surface area contributed by atoms with Crippen molar-refractivity contribution in [2.24, 2.45) is 0 Å². The first kappa shape index (κ1) is 20.8. The number of anilines is 1. The summed E-state index contributed by atoms with van der Waals surface area (Å²) < 4.78 is 49.9. The van der Waals surface area contributed by atoms with Gasteiger partial charge in [0.15, 0.2) is 5.03 Å². The van der Waals surface area contributed by atoms with E-state index in [9.17, 15) is 16.8 Å². The molecule has 0 bridgehead atoms. The van der Waals surface area contributed by atoms with E-state index >= 15 is 0 Å². The average molecular weight is 457 g/mol. The molecule has 0 amide bonds. The number of nitrogens with zero attached hydrogens (tertiary/aromatic N) is 1. The van der Waals surface area contributed by atoms with Crippen LogP contribution in [-0.4, -0.2) is 28.1 Å². The highest BCUT2D eigenvalue weighted by atomic mass is 35.5. The summed E-state index contributed by atoms with van der Waals surface area (Å²) in [6.07, 6.45) is 0.995. The minimum atomic E-state index is -4.04. The molecule has 0 spiro atoms. The number of sulfone groups is 2. The fraction of sp³-hybridized carbons (Fsp3) is 0.167. The number of nitrogens with one attached hydrogen (secondary N) is 1. The standard InChI is InChI=1S/C18H17ClN2O4S3/c1-12(13-6-4-3-5-7-13)20-16-17(21-18(26-16)27(2,22)23)28(24,25)15-10-8-14(19)9-11-15/h3-12,20H,1-2H3. The second-order valence-corrected chi connectivity index (χ2v) is 11.6. The lowest BCUT2D eigenvalue weighted by Crippen LogP contribution is -2.10. The fourth-order valence-corrected chi connectivity index (χ4v) is 6.19. The molecule has 28 heavy (non-hydrogen) atoms. The molecule has 6 nitrogen and oxygen atoms in total. The molecular weight excluding hydrogens is 440 g/mol. The molecule has 1 heterocycles. The van der Waals surface area contributed by atoms with Gasteiger partial charge in [0.25, 0.3) is 0 Å². The monoisotopic (exact) mass is 456 g/mol. The number of rotatable bonds is 6. The molecule has 148 valence electrons. The van der Waals surface area contributed by atoms with Crippen LogP contribution in [0.4, 0.5) is 5.00 Å². The van der Waals surface area contributed by atoms with Crippen LogP contribution in [0.15, 0.2) is 68.9 Å². The molecule has 1 aromatic heterocycles. The van der Waals surface area contributed by atoms with E-state index in [1.54, 1.807) is 0 Å². The van der Waals surface area contributed by atoms with Crippen LogP contribution < -0.4 is 5.32 Å². The molecule has 1 N–H and O–H groups in total. The number of hydrogen-bond acceptors (Lipinski definition) is 7. The third-order valence-electron chi connectivity index (χ3n) is 3.92. The van der Waals surface area contributed by atoms with Crippen molar-refractivity contribution in [1.29, 1.82) is 0 Å². The fourth-order valence-electron chi connectivity index (χ4n) is 2.47. The Balaban J connectivity index is 2.09. The van der Waals surface area contributed by atoms with E-state index in [4.69, 9.17) is 11.6 Å². The summed E-state index contributed by atoms with van der Waals surface area (Å²) in [6.45, 7) is 1.86. The van der Waals surface area contributed by atoms with Crippen molar-refractivity contribution >= 4 is 47.6 Å². The molecule has 3 rings (SSSR count). The Morgan fingerprint density at radius 3 is 2.18 bits per heavy atom. The summed E-state index contributed by atoms with van der Waals surface area (Å²) in [6, 6.07) is 14.8. The van der Waals surface area contributed by atoms with E-state index in [2.05, 4.69) is 10.3 Å². The molecule has 2 aromatic carbocycles. The highest BCUT2D eigenvalue weighted by Gasteiger charge is 2.29. The van der Waals surface area contributed by atoms with E-state index in [0.717, 1.165) is 23.2 Å². The molecule has 1 unspecified atom stereocenters. The quantitative estimate of drug-likeness (QED) is 0.597. The highest BCUT2D eigenvalue weighted by Crippen LogP contribution is 2.36. The lowest BCUT2D eigenvalue weighted by atomic mass is 10.1. The third kappa shape index (κ3) is 4.38. The Bertz CT molecular complexity index is 1190. The Morgan fingerprint density at radius 1 is 1.00 bits per heavy atom. The maximum absolute atomic E-state index is 13.1. The lowest BCUT2D eigenvalue weighted by Gasteiger charge is -2.15. The van der Waals surface area contributed by atoms with Crippen LogP contribution in [0.3, 0.4) is 0 Å². The van der Waals surface area contributed by atoms with Crippen LogP contribution in [0.1, 0.15) is 18.5 Å². The van der Waals surface area contributed by atoms with Crippen molar-refractivity contribution in [2.75, 3.05) is 11.6 Å². The molecule has 0 saturated carbocycles. The van der Waals surface area contributed by atoms with Gasteiger partial charge in [0, 0.05) is 17.3 Å². The van der Waals surface area contributed by atoms with Crippen molar-refractivity contribution in [3.05, 3.63) is 65.2 Å². The first-order valence-corrected chi connectivity index (χ1v) is 12.7. The van der Waals surface area contributed by atoms with E-state index in [1.807, 2.05) is 37.3 Å². The van der Waals surface area contributed by atoms with Gasteiger partial charge in [-0.2, -0.15) is 0 Å². The molecular formula is C18H17ClN2O4S3. The van der Waals surface area contributed by atoms with Gasteiger partial charge < -0.3 is 5.32 Å². The van der Waals surface area contributed by atoms with Crippen LogP contribution in [0, 0.1) is 0 Å². The normalized spacial score (nSPS) is 13.2. The van der Waals surface area contributed by atoms with Crippen LogP contribution in [0.5, 0.6) is 0 Å². The maximum Gasteiger partial charge on any atom is 0.226 e. The second-order valence-electron chi connectivity index (χ2n) is 6.12. The van der Waals surface area contributed by atoms with Crippen LogP contribution >= 0.6 is 22.9 Å². The summed E-state index contributed by atoms with van der Waals surface area (Å²) >= 11 is 6.64. The Hall–Kier alpha value is -1.94. The highest BCUT2D eigenvalue weighted by molar-refractivity contribution is 7.93. The average Bonchev–Trinajstić information content (AvgIpc) is 3.08. The van der Waals surface area contributed by atoms with E-state index in [1.165, 1.54) is 24.3 Å². The minimum absolute atomic E-state index is 0.0161. The van der Waals surface area contributed by atoms with Crippen molar-refractivity contribution in [2.45, 2.75) is 27.2 Å². The van der Waals surface area contributed by atoms with E-state index in [0.29, 0.717) is 5.02 Å². The van der Waals surface area contributed by atoms with Crippen molar-refractivity contribution in [3.8, 4) is 0 Å². The van der Waals surface area contributed by atoms with Gasteiger partial charge in [0.05, 0.1) is 4.90 Å². The third-order valence-corrected chi connectivity index (χ3v) is 8.66. The van der Waals surface area contributed by atoms with Gasteiger partial charge in [-0.15, -0.1) is 0 Å². The van der Waals surface area contributed by atoms with Gasteiger partial charge >= 0.3 is 0 Å². The molecule has 0 aliphatic rings. The zero-order valence-electron chi connectivity index (χ0n) is 15.0. The summed E-state index contributed by atoms with van der Waals surface area (Å²) in [7, 11) is -7.71. The van der Waals surface area contributed by atoms with Gasteiger partial charge in [-0.05, 0) is 36.8 Å². The smallest absolute Gasteiger partial charge is 0.226 e. The summed E-state index contributed by atoms with van der Waals surface area (Å²) in [5.74, 6) is 0. The second kappa shape index (κ2) is 7.82. The zero-order chi connectivity index (χ0) is 20.5. The SMILES string of the molecule is CC(Nc1sc(S(C)(=O)=O)nc1S(=O)(=O)c1ccc(Cl)cc1)c1ccccc1. The number of thiazole rings is 1. The Labute approximate surface area is 173 Å². The zero-order valence-corrected chi connectivity index (χ0v) is 18.2. The lowest BCUT2D eigenvalue weighted by molar-refractivity contribution is 0.591. The first-order valence-electron chi connectivity index (χ1n) is 8.12. The number of benzene rings is 2. The molecule has 1 atom stereocenters. The van der Waals surface area contributed by atoms with Crippen molar-refractivity contribution in [3.63, 3.8) is 0 Å². The molecule has 0 aliphatic carbocycles. The number of aromatic nitrogens is 1. The van der Waals surface area contributed by atoms with Gasteiger partial charge in [-0.3, -0.25) is 0 Å². The molecule has 0 radical (unpaired) electrons. The van der Waals surface area contributed by atoms with Gasteiger partial charge in [-0.1, -0.05) is 53.3 Å². The van der Waals surface area contributed by atoms with Crippen LogP contribution in [0.25, 0.3) is 0 Å². The maximum atomic E-state index is 13.1. The summed E-state index contributed by atoms with van der Waals surface area (Å²) in [5, 5.41) is 3.34. The largest absolute Gasteiger partial charge is 0.368 e. The van der Waals surface area contributed by atoms with Crippen molar-refractivity contribution in [1.82, 2.24) is 4.98 Å². The predicted molar refractivity (Wildman–Crippen MR) is 111 cm³/mol. The topological polar surface area (TPSA) is 93.2 Å². The Morgan fingerprint density at radius 2 is 1.61 bits per heavy atom. The Kier molecular flexibility index (Phi) is 5.81. The molecule has 3 aromatic rings. The van der Waals surface area contributed by atoms with Gasteiger partial charge in [0.2, 0.25) is 24.0 Å².